The zero-order valence-corrected chi connectivity index (χ0v) is 10.1. The number of nitrogens with zero attached hydrogens (tertiary/aromatic N) is 1. The summed E-state index contributed by atoms with van der Waals surface area (Å²) in [4.78, 5) is 2.41. The van der Waals surface area contributed by atoms with Crippen LogP contribution in [0.3, 0.4) is 0 Å². The van der Waals surface area contributed by atoms with E-state index in [9.17, 15) is 0 Å². The van der Waals surface area contributed by atoms with E-state index >= 15 is 0 Å². The van der Waals surface area contributed by atoms with Gasteiger partial charge in [-0.05, 0) is 7.05 Å². The molecule has 1 N–H and O–H groups in total. The molecule has 1 aliphatic heterocycles. The van der Waals surface area contributed by atoms with E-state index in [1.54, 1.807) is 6.08 Å². The Morgan fingerprint density at radius 1 is 1.44 bits per heavy atom. The molecule has 16 heavy (non-hydrogen) atoms. The van der Waals surface area contributed by atoms with E-state index in [2.05, 4.69) is 28.9 Å². The van der Waals surface area contributed by atoms with Crippen molar-refractivity contribution < 1.29 is 4.74 Å². The summed E-state index contributed by atoms with van der Waals surface area (Å²) in [7, 11) is 1.96. The molecule has 0 aliphatic carbocycles. The summed E-state index contributed by atoms with van der Waals surface area (Å²) in [5, 5.41) is 3.15. The van der Waals surface area contributed by atoms with Crippen molar-refractivity contribution in [2.45, 2.75) is 6.10 Å². The van der Waals surface area contributed by atoms with Crippen LogP contribution < -0.4 is 5.32 Å². The van der Waals surface area contributed by atoms with E-state index in [0.29, 0.717) is 6.10 Å². The highest BCUT2D eigenvalue weighted by Crippen LogP contribution is 2.04. The lowest BCUT2D eigenvalue weighted by Gasteiger charge is -2.32. The summed E-state index contributed by atoms with van der Waals surface area (Å²) in [6, 6.07) is 0. The molecule has 0 spiro atoms. The van der Waals surface area contributed by atoms with Crippen LogP contribution in [0.2, 0.25) is 0 Å². The predicted molar refractivity (Wildman–Crippen MR) is 68.6 cm³/mol. The van der Waals surface area contributed by atoms with Crippen molar-refractivity contribution in [1.82, 2.24) is 10.2 Å². The lowest BCUT2D eigenvalue weighted by Crippen LogP contribution is -2.46. The molecule has 3 nitrogen and oxygen atoms in total. The second-order valence-electron chi connectivity index (χ2n) is 3.86. The summed E-state index contributed by atoms with van der Waals surface area (Å²) in [5.41, 5.74) is 0. The van der Waals surface area contributed by atoms with E-state index in [0.717, 1.165) is 32.8 Å². The molecule has 0 aromatic heterocycles. The van der Waals surface area contributed by atoms with Crippen molar-refractivity contribution in [1.29, 1.82) is 0 Å². The Hall–Kier alpha value is -0.900. The Balaban J connectivity index is 2.23. The Bertz CT molecular complexity index is 246. The second kappa shape index (κ2) is 8.28. The zero-order chi connectivity index (χ0) is 11.6. The molecule has 1 fully saturated rings. The van der Waals surface area contributed by atoms with E-state index in [4.69, 9.17) is 4.74 Å². The van der Waals surface area contributed by atoms with Crippen molar-refractivity contribution in [3.63, 3.8) is 0 Å². The van der Waals surface area contributed by atoms with Gasteiger partial charge >= 0.3 is 0 Å². The molecule has 0 saturated carbocycles. The standard InChI is InChI=1S/C13H22N2O/c1-3-4-5-6-7-8-15-9-10-16-13(12-15)11-14-2/h3-7,13-14H,1,8-12H2,2H3/b5-4-,7-6-. The van der Waals surface area contributed by atoms with E-state index < -0.39 is 0 Å². The molecule has 0 radical (unpaired) electrons. The third-order valence-corrected chi connectivity index (χ3v) is 2.51. The van der Waals surface area contributed by atoms with Gasteiger partial charge in [0.25, 0.3) is 0 Å². The van der Waals surface area contributed by atoms with Crippen LogP contribution in [0.4, 0.5) is 0 Å². The highest BCUT2D eigenvalue weighted by Gasteiger charge is 2.18. The van der Waals surface area contributed by atoms with Gasteiger partial charge in [-0.25, -0.2) is 0 Å². The molecule has 1 atom stereocenters. The smallest absolute Gasteiger partial charge is 0.0826 e. The summed E-state index contributed by atoms with van der Waals surface area (Å²) in [6.07, 6.45) is 10.3. The fourth-order valence-electron chi connectivity index (χ4n) is 1.73. The van der Waals surface area contributed by atoms with Crippen molar-refractivity contribution in [2.75, 3.05) is 39.8 Å². The van der Waals surface area contributed by atoms with Crippen LogP contribution in [0.5, 0.6) is 0 Å². The first-order valence-corrected chi connectivity index (χ1v) is 5.79. The average Bonchev–Trinajstić information content (AvgIpc) is 2.30. The highest BCUT2D eigenvalue weighted by molar-refractivity contribution is 5.09. The van der Waals surface area contributed by atoms with Crippen LogP contribution in [-0.4, -0.2) is 50.8 Å². The number of rotatable bonds is 6. The van der Waals surface area contributed by atoms with Crippen LogP contribution in [0.1, 0.15) is 0 Å². The number of morpholine rings is 1. The summed E-state index contributed by atoms with van der Waals surface area (Å²) in [5.74, 6) is 0. The van der Waals surface area contributed by atoms with Crippen LogP contribution in [-0.2, 0) is 4.74 Å². The van der Waals surface area contributed by atoms with Gasteiger partial charge in [0, 0.05) is 26.2 Å². The number of nitrogens with one attached hydrogen (secondary N) is 1. The fourth-order valence-corrected chi connectivity index (χ4v) is 1.73. The Kier molecular flexibility index (Phi) is 6.81. The van der Waals surface area contributed by atoms with Gasteiger partial charge in [0.1, 0.15) is 0 Å². The van der Waals surface area contributed by atoms with Gasteiger partial charge in [-0.1, -0.05) is 37.0 Å². The molecule has 0 aromatic carbocycles. The molecule has 1 saturated heterocycles. The lowest BCUT2D eigenvalue weighted by atomic mass is 10.2. The largest absolute Gasteiger partial charge is 0.374 e. The maximum atomic E-state index is 5.64. The maximum Gasteiger partial charge on any atom is 0.0826 e. The molecular formula is C13H22N2O. The Morgan fingerprint density at radius 2 is 2.31 bits per heavy atom. The molecule has 1 rings (SSSR count). The van der Waals surface area contributed by atoms with Crippen LogP contribution in [0, 0.1) is 0 Å². The number of ether oxygens (including phenoxy) is 1. The first-order valence-electron chi connectivity index (χ1n) is 5.79. The zero-order valence-electron chi connectivity index (χ0n) is 10.1. The maximum absolute atomic E-state index is 5.64. The van der Waals surface area contributed by atoms with Gasteiger partial charge in [-0.2, -0.15) is 0 Å². The quantitative estimate of drug-likeness (QED) is 0.684. The van der Waals surface area contributed by atoms with Crippen molar-refractivity contribution in [3.05, 3.63) is 37.0 Å². The van der Waals surface area contributed by atoms with Gasteiger partial charge in [0.2, 0.25) is 0 Å². The molecule has 90 valence electrons. The summed E-state index contributed by atoms with van der Waals surface area (Å²) >= 11 is 0. The minimum atomic E-state index is 0.330. The number of likely N-dealkylation sites (N-methyl/N-ethyl adjacent to an activating group) is 1. The molecule has 1 unspecified atom stereocenters. The third kappa shape index (κ3) is 5.26. The molecular weight excluding hydrogens is 200 g/mol. The molecule has 0 aromatic rings. The van der Waals surface area contributed by atoms with E-state index in [-0.39, 0.29) is 0 Å². The van der Waals surface area contributed by atoms with Crippen LogP contribution in [0.15, 0.2) is 37.0 Å². The normalized spacial score (nSPS) is 23.2. The molecule has 0 bridgehead atoms. The third-order valence-electron chi connectivity index (χ3n) is 2.51. The predicted octanol–water partition coefficient (Wildman–Crippen LogP) is 1.20. The number of allylic oxidation sites excluding steroid dienone is 4. The SMILES string of the molecule is C=C/C=C\C=C/CN1CCOC(CNC)C1. The van der Waals surface area contributed by atoms with Crippen LogP contribution >= 0.6 is 0 Å². The van der Waals surface area contributed by atoms with Gasteiger partial charge in [-0.15, -0.1) is 0 Å². The number of hydrogen-bond donors (Lipinski definition) is 1. The first kappa shape index (κ1) is 13.2. The lowest BCUT2D eigenvalue weighted by molar-refractivity contribution is -0.0223. The highest BCUT2D eigenvalue weighted by atomic mass is 16.5. The fraction of sp³-hybridized carbons (Fsp3) is 0.538. The van der Waals surface area contributed by atoms with Gasteiger partial charge in [0.15, 0.2) is 0 Å². The summed E-state index contributed by atoms with van der Waals surface area (Å²) in [6.45, 7) is 8.41. The average molecular weight is 222 g/mol. The molecule has 1 heterocycles. The van der Waals surface area contributed by atoms with E-state index in [1.165, 1.54) is 0 Å². The van der Waals surface area contributed by atoms with Gasteiger partial charge < -0.3 is 10.1 Å². The van der Waals surface area contributed by atoms with Crippen LogP contribution in [0.25, 0.3) is 0 Å². The van der Waals surface area contributed by atoms with Crippen molar-refractivity contribution in [3.8, 4) is 0 Å². The number of hydrogen-bond acceptors (Lipinski definition) is 3. The first-order chi connectivity index (χ1) is 7.86. The van der Waals surface area contributed by atoms with Crippen molar-refractivity contribution in [2.24, 2.45) is 0 Å². The minimum absolute atomic E-state index is 0.330. The van der Waals surface area contributed by atoms with Gasteiger partial charge in [-0.3, -0.25) is 4.90 Å². The Morgan fingerprint density at radius 3 is 3.06 bits per heavy atom. The molecule has 0 amide bonds. The summed E-state index contributed by atoms with van der Waals surface area (Å²) < 4.78 is 5.64. The second-order valence-corrected chi connectivity index (χ2v) is 3.86. The van der Waals surface area contributed by atoms with Crippen molar-refractivity contribution >= 4 is 0 Å². The topological polar surface area (TPSA) is 24.5 Å². The van der Waals surface area contributed by atoms with E-state index in [1.807, 2.05) is 19.2 Å². The Labute approximate surface area is 98.5 Å². The molecule has 1 aliphatic rings. The van der Waals surface area contributed by atoms with Gasteiger partial charge in [0.05, 0.1) is 12.7 Å². The molecule has 3 heteroatoms. The monoisotopic (exact) mass is 222 g/mol. The minimum Gasteiger partial charge on any atom is -0.374 e.